The summed E-state index contributed by atoms with van der Waals surface area (Å²) >= 11 is 0. The van der Waals surface area contributed by atoms with Gasteiger partial charge < -0.3 is 14.7 Å². The number of phenolic OH excluding ortho intramolecular Hbond substituents is 1. The Labute approximate surface area is 134 Å². The lowest BCUT2D eigenvalue weighted by Crippen LogP contribution is -2.43. The molecule has 23 heavy (non-hydrogen) atoms. The lowest BCUT2D eigenvalue weighted by Gasteiger charge is -2.25. The van der Waals surface area contributed by atoms with Crippen LogP contribution in [0.3, 0.4) is 0 Å². The van der Waals surface area contributed by atoms with Crippen molar-refractivity contribution in [2.75, 3.05) is 19.7 Å². The van der Waals surface area contributed by atoms with Crippen molar-refractivity contribution >= 4 is 18.0 Å². The zero-order chi connectivity index (χ0) is 16.7. The highest BCUT2D eigenvalue weighted by atomic mass is 16.5. The number of hydrogen-bond acceptors (Lipinski definition) is 5. The van der Waals surface area contributed by atoms with Gasteiger partial charge in [-0.05, 0) is 49.9 Å². The van der Waals surface area contributed by atoms with E-state index in [4.69, 9.17) is 4.74 Å². The highest BCUT2D eigenvalue weighted by Gasteiger charge is 2.22. The third kappa shape index (κ3) is 4.70. The summed E-state index contributed by atoms with van der Waals surface area (Å²) < 4.78 is 5.26. The van der Waals surface area contributed by atoms with Gasteiger partial charge in [-0.1, -0.05) is 0 Å². The monoisotopic (exact) mass is 319 g/mol. The number of nitrogens with zero attached hydrogens (tertiary/aromatic N) is 2. The molecule has 1 saturated heterocycles. The number of likely N-dealkylation sites (tertiary alicyclic amines) is 1. The Kier molecular flexibility index (Phi) is 5.96. The van der Waals surface area contributed by atoms with Gasteiger partial charge in [-0.2, -0.15) is 5.10 Å². The van der Waals surface area contributed by atoms with E-state index >= 15 is 0 Å². The number of rotatable bonds is 4. The molecule has 7 nitrogen and oxygen atoms in total. The van der Waals surface area contributed by atoms with E-state index in [1.807, 2.05) is 6.92 Å². The first-order chi connectivity index (χ1) is 11.1. The summed E-state index contributed by atoms with van der Waals surface area (Å²) in [6, 6.07) is 4.70. The zero-order valence-electron chi connectivity index (χ0n) is 13.1. The predicted molar refractivity (Wildman–Crippen MR) is 85.4 cm³/mol. The maximum absolute atomic E-state index is 11.9. The van der Waals surface area contributed by atoms with E-state index in [1.54, 1.807) is 17.0 Å². The SMILES string of the molecule is CCOc1cc(/C=N\NC(=O)C(=O)N2CCCCC2)ccc1O. The number of carbonyl (C=O) groups excluding carboxylic acids is 2. The van der Waals surface area contributed by atoms with Crippen LogP contribution in [0.1, 0.15) is 31.7 Å². The average molecular weight is 319 g/mol. The van der Waals surface area contributed by atoms with Crippen LogP contribution in [0.5, 0.6) is 11.5 Å². The molecule has 0 aliphatic carbocycles. The molecule has 1 heterocycles. The minimum atomic E-state index is -0.744. The Morgan fingerprint density at radius 2 is 2.09 bits per heavy atom. The van der Waals surface area contributed by atoms with Crippen LogP contribution < -0.4 is 10.2 Å². The first-order valence-corrected chi connectivity index (χ1v) is 7.70. The molecule has 0 bridgehead atoms. The lowest BCUT2D eigenvalue weighted by atomic mass is 10.1. The predicted octanol–water partition coefficient (Wildman–Crippen LogP) is 1.25. The van der Waals surface area contributed by atoms with Crippen LogP contribution in [0.15, 0.2) is 23.3 Å². The molecule has 2 N–H and O–H groups in total. The summed E-state index contributed by atoms with van der Waals surface area (Å²) in [5.74, 6) is -0.921. The van der Waals surface area contributed by atoms with Crippen molar-refractivity contribution in [1.29, 1.82) is 0 Å². The fourth-order valence-electron chi connectivity index (χ4n) is 2.34. The molecule has 1 aliphatic rings. The van der Waals surface area contributed by atoms with Gasteiger partial charge in [-0.25, -0.2) is 5.43 Å². The summed E-state index contributed by atoms with van der Waals surface area (Å²) in [5, 5.41) is 13.4. The highest BCUT2D eigenvalue weighted by Crippen LogP contribution is 2.26. The van der Waals surface area contributed by atoms with Crippen molar-refractivity contribution in [1.82, 2.24) is 10.3 Å². The molecule has 0 atom stereocenters. The highest BCUT2D eigenvalue weighted by molar-refractivity contribution is 6.35. The summed E-state index contributed by atoms with van der Waals surface area (Å²) in [6.45, 7) is 3.47. The van der Waals surface area contributed by atoms with E-state index in [-0.39, 0.29) is 5.75 Å². The van der Waals surface area contributed by atoms with Gasteiger partial charge in [-0.15, -0.1) is 0 Å². The number of benzene rings is 1. The van der Waals surface area contributed by atoms with Gasteiger partial charge in [0, 0.05) is 13.1 Å². The first-order valence-electron chi connectivity index (χ1n) is 7.70. The minimum Gasteiger partial charge on any atom is -0.504 e. The fourth-order valence-corrected chi connectivity index (χ4v) is 2.34. The number of ether oxygens (including phenoxy) is 1. The lowest BCUT2D eigenvalue weighted by molar-refractivity contribution is -0.146. The summed E-state index contributed by atoms with van der Waals surface area (Å²) in [5.41, 5.74) is 2.87. The third-order valence-electron chi connectivity index (χ3n) is 3.50. The van der Waals surface area contributed by atoms with Crippen molar-refractivity contribution in [3.8, 4) is 11.5 Å². The molecular weight excluding hydrogens is 298 g/mol. The van der Waals surface area contributed by atoms with Crippen LogP contribution in [0.25, 0.3) is 0 Å². The van der Waals surface area contributed by atoms with Crippen molar-refractivity contribution in [3.05, 3.63) is 23.8 Å². The smallest absolute Gasteiger partial charge is 0.329 e. The number of aromatic hydroxyl groups is 1. The Morgan fingerprint density at radius 3 is 2.78 bits per heavy atom. The summed E-state index contributed by atoms with van der Waals surface area (Å²) in [6.07, 6.45) is 4.34. The van der Waals surface area contributed by atoms with Crippen molar-refractivity contribution < 1.29 is 19.4 Å². The van der Waals surface area contributed by atoms with Gasteiger partial charge in [0.05, 0.1) is 12.8 Å². The number of nitrogens with one attached hydrogen (secondary N) is 1. The van der Waals surface area contributed by atoms with Crippen LogP contribution >= 0.6 is 0 Å². The molecule has 1 fully saturated rings. The molecule has 0 aromatic heterocycles. The van der Waals surface area contributed by atoms with Crippen LogP contribution in [0, 0.1) is 0 Å². The molecule has 7 heteroatoms. The maximum atomic E-state index is 11.9. The zero-order valence-corrected chi connectivity index (χ0v) is 13.1. The van der Waals surface area contributed by atoms with Gasteiger partial charge in [-0.3, -0.25) is 9.59 Å². The van der Waals surface area contributed by atoms with Crippen molar-refractivity contribution in [3.63, 3.8) is 0 Å². The van der Waals surface area contributed by atoms with E-state index < -0.39 is 11.8 Å². The molecule has 1 aromatic carbocycles. The molecule has 1 aromatic rings. The summed E-state index contributed by atoms with van der Waals surface area (Å²) in [7, 11) is 0. The van der Waals surface area contributed by atoms with Crippen LogP contribution in [-0.4, -0.2) is 47.7 Å². The van der Waals surface area contributed by atoms with Gasteiger partial charge in [0.25, 0.3) is 0 Å². The van der Waals surface area contributed by atoms with Crippen molar-refractivity contribution in [2.45, 2.75) is 26.2 Å². The van der Waals surface area contributed by atoms with E-state index in [9.17, 15) is 14.7 Å². The van der Waals surface area contributed by atoms with Crippen LogP contribution in [-0.2, 0) is 9.59 Å². The topological polar surface area (TPSA) is 91.2 Å². The van der Waals surface area contributed by atoms with E-state index in [0.29, 0.717) is 31.0 Å². The largest absolute Gasteiger partial charge is 0.504 e. The second-order valence-electron chi connectivity index (χ2n) is 5.21. The second-order valence-corrected chi connectivity index (χ2v) is 5.21. The fraction of sp³-hybridized carbons (Fsp3) is 0.438. The number of hydrogen-bond donors (Lipinski definition) is 2. The average Bonchev–Trinajstić information content (AvgIpc) is 2.58. The Morgan fingerprint density at radius 1 is 1.35 bits per heavy atom. The van der Waals surface area contributed by atoms with Crippen molar-refractivity contribution in [2.24, 2.45) is 5.10 Å². The molecule has 0 unspecified atom stereocenters. The van der Waals surface area contributed by atoms with Gasteiger partial charge in [0.2, 0.25) is 0 Å². The van der Waals surface area contributed by atoms with Gasteiger partial charge >= 0.3 is 11.8 Å². The third-order valence-corrected chi connectivity index (χ3v) is 3.50. The molecule has 0 spiro atoms. The summed E-state index contributed by atoms with van der Waals surface area (Å²) in [4.78, 5) is 25.2. The maximum Gasteiger partial charge on any atom is 0.329 e. The van der Waals surface area contributed by atoms with E-state index in [1.165, 1.54) is 12.3 Å². The Balaban J connectivity index is 1.91. The molecule has 0 saturated carbocycles. The van der Waals surface area contributed by atoms with Crippen LogP contribution in [0.4, 0.5) is 0 Å². The van der Waals surface area contributed by atoms with E-state index in [2.05, 4.69) is 10.5 Å². The number of amides is 2. The number of piperidine rings is 1. The molecular formula is C16H21N3O4. The Hall–Kier alpha value is -2.57. The number of phenols is 1. The van der Waals surface area contributed by atoms with E-state index in [0.717, 1.165) is 19.3 Å². The Bertz CT molecular complexity index is 595. The molecule has 124 valence electrons. The second kappa shape index (κ2) is 8.17. The standard InChI is InChI=1S/C16H21N3O4/c1-2-23-14-10-12(6-7-13(14)20)11-17-18-15(21)16(22)19-8-4-3-5-9-19/h6-7,10-11,20H,2-5,8-9H2,1H3,(H,18,21)/b17-11-. The van der Waals surface area contributed by atoms with Gasteiger partial charge in [0.15, 0.2) is 11.5 Å². The van der Waals surface area contributed by atoms with Crippen LogP contribution in [0.2, 0.25) is 0 Å². The molecule has 2 rings (SSSR count). The van der Waals surface area contributed by atoms with Gasteiger partial charge in [0.1, 0.15) is 0 Å². The number of carbonyl (C=O) groups is 2. The molecule has 0 radical (unpaired) electrons. The number of hydrazone groups is 1. The first kappa shape index (κ1) is 16.8. The molecule has 2 amide bonds. The molecule has 1 aliphatic heterocycles. The quantitative estimate of drug-likeness (QED) is 0.496. The normalized spacial score (nSPS) is 14.7. The minimum absolute atomic E-state index is 0.0355.